The van der Waals surface area contributed by atoms with E-state index in [2.05, 4.69) is 37.2 Å². The van der Waals surface area contributed by atoms with E-state index in [4.69, 9.17) is 0 Å². The largest absolute Gasteiger partial charge is 0.334 e. The Balaban J connectivity index is 0.00000182. The van der Waals surface area contributed by atoms with Gasteiger partial charge in [-0.2, -0.15) is 16.4 Å². The first kappa shape index (κ1) is 18.4. The second kappa shape index (κ2) is 7.48. The van der Waals surface area contributed by atoms with Gasteiger partial charge in [-0.1, -0.05) is 0 Å². The normalized spacial score (nSPS) is 20.9. The molecule has 1 saturated carbocycles. The molecule has 1 aliphatic carbocycles. The number of nitrogens with one attached hydrogen (secondary N) is 2. The number of carbonyl (C=O) groups excluding carboxylic acids is 1. The third kappa shape index (κ3) is 3.91. The number of aromatic amines is 1. The van der Waals surface area contributed by atoms with E-state index in [9.17, 15) is 4.79 Å². The molecule has 2 N–H and O–H groups in total. The van der Waals surface area contributed by atoms with Gasteiger partial charge in [-0.3, -0.25) is 9.89 Å². The van der Waals surface area contributed by atoms with Crippen LogP contribution in [0.2, 0.25) is 0 Å². The van der Waals surface area contributed by atoms with Crippen LogP contribution in [0.25, 0.3) is 0 Å². The number of nitrogens with zero attached hydrogens (tertiary/aromatic N) is 2. The molecule has 1 atom stereocenters. The van der Waals surface area contributed by atoms with Crippen molar-refractivity contribution in [1.29, 1.82) is 0 Å². The molecule has 7 heteroatoms. The zero-order valence-electron chi connectivity index (χ0n) is 14.5. The van der Waals surface area contributed by atoms with Crippen molar-refractivity contribution in [3.05, 3.63) is 39.8 Å². The fourth-order valence-electron chi connectivity index (χ4n) is 4.00. The minimum Gasteiger partial charge on any atom is -0.334 e. The summed E-state index contributed by atoms with van der Waals surface area (Å²) in [6.07, 6.45) is 3.92. The third-order valence-electron chi connectivity index (χ3n) is 5.47. The molecule has 1 saturated heterocycles. The molecule has 0 bridgehead atoms. The maximum absolute atomic E-state index is 13.0. The van der Waals surface area contributed by atoms with E-state index in [0.717, 1.165) is 37.4 Å². The van der Waals surface area contributed by atoms with E-state index in [1.54, 1.807) is 11.3 Å². The van der Waals surface area contributed by atoms with Gasteiger partial charge in [0.25, 0.3) is 0 Å². The molecule has 2 aromatic heterocycles. The Bertz CT molecular complexity index is 708. The summed E-state index contributed by atoms with van der Waals surface area (Å²) in [4.78, 5) is 15.1. The van der Waals surface area contributed by atoms with Crippen LogP contribution in [0.4, 0.5) is 0 Å². The zero-order valence-corrected chi connectivity index (χ0v) is 16.1. The summed E-state index contributed by atoms with van der Waals surface area (Å²) in [6.45, 7) is 4.85. The predicted octanol–water partition coefficient (Wildman–Crippen LogP) is 2.91. The van der Waals surface area contributed by atoms with Crippen molar-refractivity contribution in [2.24, 2.45) is 5.41 Å². The van der Waals surface area contributed by atoms with Crippen LogP contribution in [0.15, 0.2) is 22.9 Å². The molecule has 2 aromatic rings. The molecule has 2 aliphatic rings. The number of hydrogen-bond acceptors (Lipinski definition) is 4. The maximum atomic E-state index is 13.0. The third-order valence-corrected chi connectivity index (χ3v) is 6.20. The van der Waals surface area contributed by atoms with Crippen molar-refractivity contribution in [1.82, 2.24) is 20.4 Å². The topological polar surface area (TPSA) is 61.0 Å². The molecule has 0 aromatic carbocycles. The number of hydrogen-bond donors (Lipinski definition) is 2. The first-order valence-corrected chi connectivity index (χ1v) is 9.63. The summed E-state index contributed by atoms with van der Waals surface area (Å²) in [5, 5.41) is 14.8. The van der Waals surface area contributed by atoms with E-state index < -0.39 is 0 Å². The molecule has 4 rings (SSSR count). The van der Waals surface area contributed by atoms with Gasteiger partial charge in [-0.25, -0.2) is 0 Å². The van der Waals surface area contributed by atoms with E-state index in [0.29, 0.717) is 17.9 Å². The summed E-state index contributed by atoms with van der Waals surface area (Å²) < 4.78 is 0. The Labute approximate surface area is 158 Å². The Morgan fingerprint density at radius 1 is 1.44 bits per heavy atom. The van der Waals surface area contributed by atoms with Gasteiger partial charge in [0.05, 0.1) is 12.1 Å². The number of carbonyl (C=O) groups is 1. The smallest absolute Gasteiger partial charge is 0.229 e. The fourth-order valence-corrected chi connectivity index (χ4v) is 4.66. The van der Waals surface area contributed by atoms with E-state index in [1.807, 2.05) is 13.0 Å². The van der Waals surface area contributed by atoms with Gasteiger partial charge in [-0.05, 0) is 73.1 Å². The number of aromatic nitrogens is 2. The van der Waals surface area contributed by atoms with Crippen LogP contribution in [0.5, 0.6) is 0 Å². The summed E-state index contributed by atoms with van der Waals surface area (Å²) in [5.74, 6) is 0.202. The minimum atomic E-state index is 0. The quantitative estimate of drug-likeness (QED) is 0.838. The average Bonchev–Trinajstić information content (AvgIpc) is 2.96. The molecule has 136 valence electrons. The molecule has 5 nitrogen and oxygen atoms in total. The monoisotopic (exact) mass is 380 g/mol. The Morgan fingerprint density at radius 3 is 2.88 bits per heavy atom. The molecule has 25 heavy (non-hydrogen) atoms. The standard InChI is InChI=1S/C18H24N4OS.ClH/c1-13-8-15(21-20-13)9-17(23)22(11-14-2-7-24-12-14)16-10-18(16)3-5-19-6-4-18;/h2,7-8,12,16,19H,3-6,9-11H2,1H3,(H,20,21);1H. The van der Waals surface area contributed by atoms with Crippen molar-refractivity contribution in [2.75, 3.05) is 13.1 Å². The summed E-state index contributed by atoms with van der Waals surface area (Å²) >= 11 is 1.69. The van der Waals surface area contributed by atoms with Gasteiger partial charge in [-0.15, -0.1) is 12.4 Å². The SMILES string of the molecule is Cc1cc(CC(=O)N(Cc2ccsc2)C2CC23CCNCC3)n[nH]1.Cl. The van der Waals surface area contributed by atoms with Gasteiger partial charge in [0.2, 0.25) is 5.91 Å². The second-order valence-corrected chi connectivity index (χ2v) is 7.98. The highest BCUT2D eigenvalue weighted by Crippen LogP contribution is 2.56. The van der Waals surface area contributed by atoms with E-state index in [-0.39, 0.29) is 18.3 Å². The van der Waals surface area contributed by atoms with Gasteiger partial charge in [0.1, 0.15) is 0 Å². The van der Waals surface area contributed by atoms with Crippen molar-refractivity contribution < 1.29 is 4.79 Å². The molecule has 1 aliphatic heterocycles. The molecule has 3 heterocycles. The molecule has 1 unspecified atom stereocenters. The van der Waals surface area contributed by atoms with E-state index >= 15 is 0 Å². The van der Waals surface area contributed by atoms with Crippen LogP contribution < -0.4 is 5.32 Å². The molecule has 0 radical (unpaired) electrons. The van der Waals surface area contributed by atoms with Crippen LogP contribution in [-0.2, 0) is 17.8 Å². The number of H-pyrrole nitrogens is 1. The van der Waals surface area contributed by atoms with Crippen LogP contribution in [0, 0.1) is 12.3 Å². The van der Waals surface area contributed by atoms with Gasteiger partial charge in [0.15, 0.2) is 0 Å². The first-order valence-electron chi connectivity index (χ1n) is 8.68. The number of amides is 1. The summed E-state index contributed by atoms with van der Waals surface area (Å²) in [7, 11) is 0. The van der Waals surface area contributed by atoms with Crippen LogP contribution in [-0.4, -0.2) is 40.1 Å². The number of piperidine rings is 1. The summed E-state index contributed by atoms with van der Waals surface area (Å²) in [6, 6.07) is 4.49. The number of halogens is 1. The van der Waals surface area contributed by atoms with Gasteiger partial charge >= 0.3 is 0 Å². The summed E-state index contributed by atoms with van der Waals surface area (Å²) in [5.41, 5.74) is 3.44. The fraction of sp³-hybridized carbons (Fsp3) is 0.556. The highest BCUT2D eigenvalue weighted by molar-refractivity contribution is 7.07. The van der Waals surface area contributed by atoms with Crippen molar-refractivity contribution in [3.8, 4) is 0 Å². The highest BCUT2D eigenvalue weighted by atomic mass is 35.5. The lowest BCUT2D eigenvalue weighted by molar-refractivity contribution is -0.132. The minimum absolute atomic E-state index is 0. The zero-order chi connectivity index (χ0) is 16.6. The maximum Gasteiger partial charge on any atom is 0.229 e. The average molecular weight is 381 g/mol. The lowest BCUT2D eigenvalue weighted by Gasteiger charge is -2.29. The second-order valence-electron chi connectivity index (χ2n) is 7.20. The molecular formula is C18H25ClN4OS. The Hall–Kier alpha value is -1.37. The number of thiophene rings is 1. The van der Waals surface area contributed by atoms with Crippen LogP contribution in [0.1, 0.15) is 36.2 Å². The lowest BCUT2D eigenvalue weighted by Crippen LogP contribution is -2.39. The van der Waals surface area contributed by atoms with Crippen LogP contribution >= 0.6 is 23.7 Å². The van der Waals surface area contributed by atoms with Gasteiger partial charge in [0, 0.05) is 18.3 Å². The molecular weight excluding hydrogens is 356 g/mol. The van der Waals surface area contributed by atoms with Crippen molar-refractivity contribution in [3.63, 3.8) is 0 Å². The number of aryl methyl sites for hydroxylation is 1. The first-order chi connectivity index (χ1) is 11.7. The highest BCUT2D eigenvalue weighted by Gasteiger charge is 2.57. The van der Waals surface area contributed by atoms with Crippen molar-refractivity contribution >= 4 is 29.7 Å². The molecule has 2 fully saturated rings. The Kier molecular flexibility index (Phi) is 5.51. The molecule has 1 amide bonds. The Morgan fingerprint density at radius 2 is 2.24 bits per heavy atom. The lowest BCUT2D eigenvalue weighted by atomic mass is 9.93. The molecule has 1 spiro atoms. The van der Waals surface area contributed by atoms with Crippen LogP contribution in [0.3, 0.4) is 0 Å². The van der Waals surface area contributed by atoms with Gasteiger partial charge < -0.3 is 10.2 Å². The number of rotatable bonds is 5. The predicted molar refractivity (Wildman–Crippen MR) is 102 cm³/mol. The van der Waals surface area contributed by atoms with Crippen molar-refractivity contribution in [2.45, 2.75) is 45.2 Å². The van der Waals surface area contributed by atoms with E-state index in [1.165, 1.54) is 18.4 Å².